The summed E-state index contributed by atoms with van der Waals surface area (Å²) in [6.45, 7) is 0. The van der Waals surface area contributed by atoms with Crippen molar-refractivity contribution in [2.45, 2.75) is 0 Å². The van der Waals surface area contributed by atoms with E-state index >= 15 is 0 Å². The van der Waals surface area contributed by atoms with Gasteiger partial charge in [-0.1, -0.05) is 11.6 Å². The zero-order chi connectivity index (χ0) is 11.2. The van der Waals surface area contributed by atoms with Gasteiger partial charge in [-0.15, -0.1) is 0 Å². The number of rotatable bonds is 0. The van der Waals surface area contributed by atoms with E-state index in [2.05, 4.69) is 0 Å². The van der Waals surface area contributed by atoms with Crippen LogP contribution in [0.2, 0.25) is 5.02 Å². The van der Waals surface area contributed by atoms with Crippen LogP contribution < -0.4 is 5.69 Å². The van der Waals surface area contributed by atoms with Gasteiger partial charge in [0, 0.05) is 14.1 Å². The lowest BCUT2D eigenvalue weighted by atomic mass is 10.2. The lowest BCUT2D eigenvalue weighted by Gasteiger charge is -1.99. The van der Waals surface area contributed by atoms with E-state index in [1.807, 2.05) is 6.07 Å². The molecule has 0 amide bonds. The summed E-state index contributed by atoms with van der Waals surface area (Å²) in [7, 11) is 3.26. The van der Waals surface area contributed by atoms with Crippen LogP contribution in [-0.4, -0.2) is 9.13 Å². The summed E-state index contributed by atoms with van der Waals surface area (Å²) in [5.74, 6) is 0. The average Bonchev–Trinajstić information content (AvgIpc) is 2.46. The maximum absolute atomic E-state index is 11.7. The van der Waals surface area contributed by atoms with Gasteiger partial charge < -0.3 is 0 Å². The number of aryl methyl sites for hydroxylation is 2. The Morgan fingerprint density at radius 1 is 1.27 bits per heavy atom. The predicted octanol–water partition coefficient (Wildman–Crippen LogP) is 1.40. The third-order valence-corrected chi connectivity index (χ3v) is 2.77. The number of nitriles is 1. The van der Waals surface area contributed by atoms with E-state index in [-0.39, 0.29) is 5.69 Å². The Bertz CT molecular complexity index is 645. The van der Waals surface area contributed by atoms with Gasteiger partial charge in [0.1, 0.15) is 6.07 Å². The minimum Gasteiger partial charge on any atom is -0.294 e. The van der Waals surface area contributed by atoms with Gasteiger partial charge in [-0.25, -0.2) is 4.79 Å². The van der Waals surface area contributed by atoms with Crippen LogP contribution in [0.25, 0.3) is 11.0 Å². The first kappa shape index (κ1) is 9.81. The predicted molar refractivity (Wildman–Crippen MR) is 57.9 cm³/mol. The normalized spacial score (nSPS) is 10.5. The van der Waals surface area contributed by atoms with Gasteiger partial charge in [0.05, 0.1) is 21.6 Å². The van der Waals surface area contributed by atoms with Gasteiger partial charge in [-0.2, -0.15) is 5.26 Å². The molecular formula is C10H8ClN3O. The number of aromatic nitrogens is 2. The number of benzene rings is 1. The largest absolute Gasteiger partial charge is 0.328 e. The van der Waals surface area contributed by atoms with Crippen molar-refractivity contribution in [3.05, 3.63) is 33.2 Å². The Kier molecular flexibility index (Phi) is 2.06. The highest BCUT2D eigenvalue weighted by Crippen LogP contribution is 2.24. The molecule has 1 aromatic carbocycles. The van der Waals surface area contributed by atoms with E-state index < -0.39 is 0 Å². The standard InChI is InChI=1S/C10H8ClN3O/c1-13-8-6(5-12)3-4-7(11)9(8)14(2)10(13)15/h3-4H,1-2H3. The fourth-order valence-corrected chi connectivity index (χ4v) is 2.00. The molecule has 1 aromatic heterocycles. The van der Waals surface area contributed by atoms with Crippen LogP contribution in [0.1, 0.15) is 5.56 Å². The summed E-state index contributed by atoms with van der Waals surface area (Å²) >= 11 is 5.99. The van der Waals surface area contributed by atoms with E-state index in [9.17, 15) is 4.79 Å². The van der Waals surface area contributed by atoms with Crippen molar-refractivity contribution < 1.29 is 0 Å². The third-order valence-electron chi connectivity index (χ3n) is 2.47. The number of hydrogen-bond donors (Lipinski definition) is 0. The molecule has 0 saturated carbocycles. The highest BCUT2D eigenvalue weighted by atomic mass is 35.5. The Morgan fingerprint density at radius 2 is 1.87 bits per heavy atom. The van der Waals surface area contributed by atoms with Crippen molar-refractivity contribution in [3.8, 4) is 6.07 Å². The maximum Gasteiger partial charge on any atom is 0.328 e. The number of halogens is 1. The second-order valence-electron chi connectivity index (χ2n) is 3.30. The van der Waals surface area contributed by atoms with Gasteiger partial charge in [0.2, 0.25) is 0 Å². The molecule has 0 fully saturated rings. The smallest absolute Gasteiger partial charge is 0.294 e. The van der Waals surface area contributed by atoms with Crippen LogP contribution in [-0.2, 0) is 14.1 Å². The molecule has 0 aliphatic rings. The first-order valence-corrected chi connectivity index (χ1v) is 4.69. The molecule has 2 rings (SSSR count). The van der Waals surface area contributed by atoms with Gasteiger partial charge in [-0.3, -0.25) is 9.13 Å². The molecule has 5 heteroatoms. The highest BCUT2D eigenvalue weighted by molar-refractivity contribution is 6.35. The average molecular weight is 222 g/mol. The first-order chi connectivity index (χ1) is 7.07. The molecule has 0 spiro atoms. The second-order valence-corrected chi connectivity index (χ2v) is 3.71. The summed E-state index contributed by atoms with van der Waals surface area (Å²) in [6, 6.07) is 5.29. The zero-order valence-electron chi connectivity index (χ0n) is 8.28. The number of hydrogen-bond acceptors (Lipinski definition) is 2. The quantitative estimate of drug-likeness (QED) is 0.675. The van der Waals surface area contributed by atoms with Crippen LogP contribution >= 0.6 is 11.6 Å². The van der Waals surface area contributed by atoms with E-state index in [0.717, 1.165) is 0 Å². The molecule has 0 aliphatic carbocycles. The van der Waals surface area contributed by atoms with E-state index in [1.165, 1.54) is 9.13 Å². The molecule has 15 heavy (non-hydrogen) atoms. The Hall–Kier alpha value is -1.73. The van der Waals surface area contributed by atoms with Crippen LogP contribution in [0.4, 0.5) is 0 Å². The molecular weight excluding hydrogens is 214 g/mol. The van der Waals surface area contributed by atoms with Crippen LogP contribution in [0.3, 0.4) is 0 Å². The van der Waals surface area contributed by atoms with Crippen molar-refractivity contribution in [3.63, 3.8) is 0 Å². The summed E-state index contributed by atoms with van der Waals surface area (Å²) in [5.41, 5.74) is 1.45. The van der Waals surface area contributed by atoms with Crippen molar-refractivity contribution in [2.75, 3.05) is 0 Å². The second kappa shape index (κ2) is 3.14. The van der Waals surface area contributed by atoms with Crippen LogP contribution in [0.15, 0.2) is 16.9 Å². The molecule has 0 radical (unpaired) electrons. The summed E-state index contributed by atoms with van der Waals surface area (Å²) < 4.78 is 2.87. The fraction of sp³-hybridized carbons (Fsp3) is 0.200. The van der Waals surface area contributed by atoms with Gasteiger partial charge in [0.25, 0.3) is 0 Å². The highest BCUT2D eigenvalue weighted by Gasteiger charge is 2.14. The van der Waals surface area contributed by atoms with Gasteiger partial charge in [-0.05, 0) is 12.1 Å². The first-order valence-electron chi connectivity index (χ1n) is 4.32. The molecule has 4 nitrogen and oxygen atoms in total. The summed E-state index contributed by atoms with van der Waals surface area (Å²) in [5, 5.41) is 9.41. The summed E-state index contributed by atoms with van der Waals surface area (Å²) in [4.78, 5) is 11.7. The Balaban J connectivity index is 3.17. The maximum atomic E-state index is 11.7. The van der Waals surface area contributed by atoms with E-state index in [0.29, 0.717) is 21.6 Å². The zero-order valence-corrected chi connectivity index (χ0v) is 9.04. The van der Waals surface area contributed by atoms with Crippen molar-refractivity contribution >= 4 is 22.6 Å². The van der Waals surface area contributed by atoms with Crippen LogP contribution in [0.5, 0.6) is 0 Å². The SMILES string of the molecule is Cn1c(=O)n(C)c2c(C#N)ccc(Cl)c21. The lowest BCUT2D eigenvalue weighted by molar-refractivity contribution is 0.795. The van der Waals surface area contributed by atoms with E-state index in [4.69, 9.17) is 16.9 Å². The van der Waals surface area contributed by atoms with E-state index in [1.54, 1.807) is 26.2 Å². The minimum absolute atomic E-state index is 0.186. The Morgan fingerprint density at radius 3 is 2.47 bits per heavy atom. The number of fused-ring (bicyclic) bond motifs is 1. The molecule has 2 aromatic rings. The molecule has 0 saturated heterocycles. The lowest BCUT2D eigenvalue weighted by Crippen LogP contribution is -2.19. The molecule has 0 atom stereocenters. The topological polar surface area (TPSA) is 50.7 Å². The molecule has 76 valence electrons. The summed E-state index contributed by atoms with van der Waals surface area (Å²) in [6.07, 6.45) is 0. The van der Waals surface area contributed by atoms with Crippen molar-refractivity contribution in [1.82, 2.24) is 9.13 Å². The molecule has 0 aliphatic heterocycles. The molecule has 1 heterocycles. The van der Waals surface area contributed by atoms with Gasteiger partial charge in [0.15, 0.2) is 0 Å². The minimum atomic E-state index is -0.186. The molecule has 0 N–H and O–H groups in total. The number of imidazole rings is 1. The third kappa shape index (κ3) is 1.17. The van der Waals surface area contributed by atoms with Crippen molar-refractivity contribution in [1.29, 1.82) is 5.26 Å². The molecule has 0 unspecified atom stereocenters. The monoisotopic (exact) mass is 221 g/mol. The fourth-order valence-electron chi connectivity index (χ4n) is 1.72. The van der Waals surface area contributed by atoms with Crippen LogP contribution in [0, 0.1) is 11.3 Å². The number of nitrogens with zero attached hydrogens (tertiary/aromatic N) is 3. The molecule has 0 bridgehead atoms. The van der Waals surface area contributed by atoms with Gasteiger partial charge >= 0.3 is 5.69 Å². The Labute approximate surface area is 90.9 Å². The van der Waals surface area contributed by atoms with Crippen molar-refractivity contribution in [2.24, 2.45) is 14.1 Å².